The number of benzene rings is 1. The molecule has 0 aliphatic heterocycles. The van der Waals surface area contributed by atoms with Crippen LogP contribution in [-0.4, -0.2) is 4.98 Å². The minimum absolute atomic E-state index is 0.0339. The zero-order valence-electron chi connectivity index (χ0n) is 19.9. The lowest BCUT2D eigenvalue weighted by Gasteiger charge is -2.45. The van der Waals surface area contributed by atoms with Crippen LogP contribution in [0.1, 0.15) is 78.1 Å². The summed E-state index contributed by atoms with van der Waals surface area (Å²) >= 11 is 0. The highest BCUT2D eigenvalue weighted by Gasteiger charge is 2.45. The normalized spacial score (nSPS) is 21.6. The second kappa shape index (κ2) is 8.13. The summed E-state index contributed by atoms with van der Waals surface area (Å²) in [5, 5.41) is 2.45. The van der Waals surface area contributed by atoms with Gasteiger partial charge < -0.3 is 0 Å². The SMILES string of the molecule is CC.CC=CC(C)(CC)C1CC=C(F)C2=C1c1nccc3c(C)ccc(c13)C2(C)C. The van der Waals surface area contributed by atoms with Crippen molar-refractivity contribution in [2.24, 2.45) is 11.3 Å². The maximum Gasteiger partial charge on any atom is 0.123 e. The molecule has 160 valence electrons. The predicted molar refractivity (Wildman–Crippen MR) is 128 cm³/mol. The lowest BCUT2D eigenvalue weighted by molar-refractivity contribution is 0.299. The van der Waals surface area contributed by atoms with Crippen LogP contribution >= 0.6 is 0 Å². The van der Waals surface area contributed by atoms with Crippen LogP contribution in [0.15, 0.2) is 54.0 Å². The smallest absolute Gasteiger partial charge is 0.123 e. The third-order valence-electron chi connectivity index (χ3n) is 7.19. The molecule has 2 heteroatoms. The molecule has 1 nitrogen and oxygen atoms in total. The third-order valence-corrected chi connectivity index (χ3v) is 7.19. The van der Waals surface area contributed by atoms with E-state index in [1.807, 2.05) is 26.1 Å². The molecule has 0 amide bonds. The minimum atomic E-state index is -0.388. The summed E-state index contributed by atoms with van der Waals surface area (Å²) in [6.07, 6.45) is 9.86. The largest absolute Gasteiger partial charge is 0.256 e. The van der Waals surface area contributed by atoms with Crippen molar-refractivity contribution in [2.75, 3.05) is 0 Å². The van der Waals surface area contributed by atoms with E-state index in [0.29, 0.717) is 6.42 Å². The molecular formula is C28H36FN. The van der Waals surface area contributed by atoms with Crippen LogP contribution < -0.4 is 0 Å². The van der Waals surface area contributed by atoms with Gasteiger partial charge in [0.25, 0.3) is 0 Å². The number of halogens is 1. The van der Waals surface area contributed by atoms with E-state index in [0.717, 1.165) is 23.3 Å². The number of allylic oxidation sites excluding steroid dienone is 6. The first-order valence-electron chi connectivity index (χ1n) is 11.4. The van der Waals surface area contributed by atoms with Gasteiger partial charge in [0.1, 0.15) is 5.83 Å². The van der Waals surface area contributed by atoms with Gasteiger partial charge >= 0.3 is 0 Å². The molecule has 30 heavy (non-hydrogen) atoms. The fourth-order valence-corrected chi connectivity index (χ4v) is 5.43. The molecule has 0 N–H and O–H groups in total. The van der Waals surface area contributed by atoms with E-state index < -0.39 is 0 Å². The van der Waals surface area contributed by atoms with Crippen LogP contribution in [0.2, 0.25) is 0 Å². The highest BCUT2D eigenvalue weighted by atomic mass is 19.1. The van der Waals surface area contributed by atoms with Crippen molar-refractivity contribution >= 4 is 16.3 Å². The first-order chi connectivity index (χ1) is 14.3. The van der Waals surface area contributed by atoms with E-state index in [4.69, 9.17) is 4.98 Å². The molecule has 2 aliphatic carbocycles. The molecule has 2 unspecified atom stereocenters. The van der Waals surface area contributed by atoms with Crippen LogP contribution in [0.4, 0.5) is 4.39 Å². The molecule has 1 heterocycles. The Labute approximate surface area is 181 Å². The van der Waals surface area contributed by atoms with Gasteiger partial charge in [0.05, 0.1) is 5.69 Å². The molecule has 2 atom stereocenters. The van der Waals surface area contributed by atoms with Crippen molar-refractivity contribution in [3.63, 3.8) is 0 Å². The fraction of sp³-hybridized carbons (Fsp3) is 0.464. The first-order valence-corrected chi connectivity index (χ1v) is 11.4. The first kappa shape index (κ1) is 22.5. The number of aromatic nitrogens is 1. The van der Waals surface area contributed by atoms with E-state index in [1.54, 1.807) is 0 Å². The van der Waals surface area contributed by atoms with Crippen LogP contribution in [0.5, 0.6) is 0 Å². The lowest BCUT2D eigenvalue weighted by Crippen LogP contribution is -2.35. The van der Waals surface area contributed by atoms with Gasteiger partial charge in [-0.1, -0.05) is 65.8 Å². The molecule has 2 aromatic rings. The maximum absolute atomic E-state index is 15.4. The Morgan fingerprint density at radius 3 is 2.57 bits per heavy atom. The van der Waals surface area contributed by atoms with Crippen molar-refractivity contribution in [3.05, 3.63) is 70.8 Å². The molecule has 4 rings (SSSR count). The third kappa shape index (κ3) is 3.16. The molecule has 0 radical (unpaired) electrons. The number of hydrogen-bond acceptors (Lipinski definition) is 1. The van der Waals surface area contributed by atoms with Crippen molar-refractivity contribution < 1.29 is 4.39 Å². The molecule has 0 saturated heterocycles. The summed E-state index contributed by atoms with van der Waals surface area (Å²) in [7, 11) is 0. The van der Waals surface area contributed by atoms with Crippen molar-refractivity contribution in [2.45, 2.75) is 73.6 Å². The molecule has 2 aliphatic rings. The summed E-state index contributed by atoms with van der Waals surface area (Å²) in [6.45, 7) is 17.1. The van der Waals surface area contributed by atoms with Crippen molar-refractivity contribution in [3.8, 4) is 0 Å². The number of nitrogens with zero attached hydrogens (tertiary/aromatic N) is 1. The van der Waals surface area contributed by atoms with E-state index >= 15 is 4.39 Å². The Hall–Kier alpha value is -2.22. The number of aryl methyl sites for hydroxylation is 1. The van der Waals surface area contributed by atoms with E-state index in [1.165, 1.54) is 21.9 Å². The minimum Gasteiger partial charge on any atom is -0.256 e. The summed E-state index contributed by atoms with van der Waals surface area (Å²) in [5.41, 5.74) is 4.96. The number of pyridine rings is 1. The van der Waals surface area contributed by atoms with Crippen molar-refractivity contribution in [1.82, 2.24) is 4.98 Å². The van der Waals surface area contributed by atoms with Gasteiger partial charge in [-0.05, 0) is 72.3 Å². The quantitative estimate of drug-likeness (QED) is 0.467. The standard InChI is InChI=1S/C26H30FN.C2H6/c1-7-14-26(6,8-2)19-11-12-20(27)23-22(19)24-21-17(13-15-28-24)16(3)9-10-18(21)25(23,4)5;1-2/h7,9-10,12-15,19H,8,11H2,1-6H3;1-2H3. The Kier molecular flexibility index (Phi) is 6.09. The summed E-state index contributed by atoms with van der Waals surface area (Å²) < 4.78 is 15.4. The predicted octanol–water partition coefficient (Wildman–Crippen LogP) is 8.48. The average Bonchev–Trinajstić information content (AvgIpc) is 2.74. The van der Waals surface area contributed by atoms with Crippen LogP contribution in [-0.2, 0) is 5.41 Å². The summed E-state index contributed by atoms with van der Waals surface area (Å²) in [6, 6.07) is 6.44. The average molecular weight is 406 g/mol. The molecule has 0 spiro atoms. The highest BCUT2D eigenvalue weighted by molar-refractivity contribution is 6.02. The molecule has 1 aromatic carbocycles. The molecular weight excluding hydrogens is 369 g/mol. The van der Waals surface area contributed by atoms with Gasteiger partial charge in [-0.2, -0.15) is 0 Å². The molecule has 0 bridgehead atoms. The van der Waals surface area contributed by atoms with Crippen LogP contribution in [0, 0.1) is 18.3 Å². The molecule has 0 fully saturated rings. The second-order valence-electron chi connectivity index (χ2n) is 9.13. The Bertz CT molecular complexity index is 1050. The fourth-order valence-electron chi connectivity index (χ4n) is 5.43. The highest BCUT2D eigenvalue weighted by Crippen LogP contribution is 2.57. The van der Waals surface area contributed by atoms with E-state index in [9.17, 15) is 0 Å². The number of fused-ring (bicyclic) bond motifs is 1. The van der Waals surface area contributed by atoms with Gasteiger partial charge in [-0.15, -0.1) is 0 Å². The van der Waals surface area contributed by atoms with E-state index in [2.05, 4.69) is 71.9 Å². The van der Waals surface area contributed by atoms with Crippen LogP contribution in [0.25, 0.3) is 16.3 Å². The Morgan fingerprint density at radius 2 is 1.93 bits per heavy atom. The summed E-state index contributed by atoms with van der Waals surface area (Å²) in [5.74, 6) is 0.148. The molecule has 1 aromatic heterocycles. The van der Waals surface area contributed by atoms with Crippen molar-refractivity contribution in [1.29, 1.82) is 0 Å². The summed E-state index contributed by atoms with van der Waals surface area (Å²) in [4.78, 5) is 4.85. The number of hydrogen-bond donors (Lipinski definition) is 0. The Morgan fingerprint density at radius 1 is 1.23 bits per heavy atom. The lowest BCUT2D eigenvalue weighted by atomic mass is 9.59. The maximum atomic E-state index is 15.4. The van der Waals surface area contributed by atoms with Gasteiger partial charge in [-0.25, -0.2) is 4.39 Å². The zero-order chi connectivity index (χ0) is 22.3. The van der Waals surface area contributed by atoms with Gasteiger partial charge in [0, 0.05) is 22.6 Å². The topological polar surface area (TPSA) is 12.9 Å². The number of rotatable bonds is 3. The van der Waals surface area contributed by atoms with Gasteiger partial charge in [0.15, 0.2) is 0 Å². The molecule has 0 saturated carbocycles. The second-order valence-corrected chi connectivity index (χ2v) is 9.13. The van der Waals surface area contributed by atoms with Crippen LogP contribution in [0.3, 0.4) is 0 Å². The van der Waals surface area contributed by atoms with Gasteiger partial charge in [-0.3, -0.25) is 4.98 Å². The Balaban J connectivity index is 0.00000124. The monoisotopic (exact) mass is 405 g/mol. The van der Waals surface area contributed by atoms with E-state index in [-0.39, 0.29) is 22.6 Å². The van der Waals surface area contributed by atoms with Gasteiger partial charge in [0.2, 0.25) is 0 Å². The zero-order valence-corrected chi connectivity index (χ0v) is 19.9.